The minimum atomic E-state index is -0.543. The van der Waals surface area contributed by atoms with Crippen LogP contribution in [0.5, 0.6) is 0 Å². The third-order valence-electron chi connectivity index (χ3n) is 6.97. The Morgan fingerprint density at radius 3 is 2.11 bits per heavy atom. The lowest BCUT2D eigenvalue weighted by molar-refractivity contribution is -0.116. The van der Waals surface area contributed by atoms with Crippen molar-refractivity contribution >= 4 is 46.9 Å². The van der Waals surface area contributed by atoms with Crippen LogP contribution in [-0.4, -0.2) is 17.7 Å². The molecular weight excluding hydrogens is 579 g/mol. The van der Waals surface area contributed by atoms with Crippen molar-refractivity contribution in [3.05, 3.63) is 167 Å². The van der Waals surface area contributed by atoms with Gasteiger partial charge >= 0.3 is 0 Å². The zero-order valence-corrected chi connectivity index (χ0v) is 25.8. The maximum absolute atomic E-state index is 13.6. The van der Waals surface area contributed by atoms with Crippen molar-refractivity contribution in [3.8, 4) is 0 Å². The Labute approximate surface area is 267 Å². The van der Waals surface area contributed by atoms with Gasteiger partial charge in [-0.25, -0.2) is 0 Å². The maximum atomic E-state index is 13.6. The minimum absolute atomic E-state index is 0.104. The molecule has 45 heavy (non-hydrogen) atoms. The first-order chi connectivity index (χ1) is 21.9. The summed E-state index contributed by atoms with van der Waals surface area (Å²) in [4.78, 5) is 41.0. The summed E-state index contributed by atoms with van der Waals surface area (Å²) in [7, 11) is 0. The molecule has 5 aromatic rings. The molecule has 0 fully saturated rings. The molecule has 3 amide bonds. The summed E-state index contributed by atoms with van der Waals surface area (Å²) in [5, 5.41) is 8.24. The average molecular weight is 612 g/mol. The highest BCUT2D eigenvalue weighted by atomic mass is 32.2. The first-order valence-electron chi connectivity index (χ1n) is 14.5. The summed E-state index contributed by atoms with van der Waals surface area (Å²) in [5.74, 6) is -1.01. The van der Waals surface area contributed by atoms with Gasteiger partial charge in [0.05, 0.1) is 0 Å². The maximum Gasteiger partial charge on any atom is 0.272 e. The van der Waals surface area contributed by atoms with E-state index in [1.807, 2.05) is 117 Å². The monoisotopic (exact) mass is 611 g/mol. The van der Waals surface area contributed by atoms with Crippen LogP contribution in [0.4, 0.5) is 11.4 Å². The van der Waals surface area contributed by atoms with E-state index < -0.39 is 11.2 Å². The molecule has 0 bridgehead atoms. The third-order valence-corrected chi connectivity index (χ3v) is 8.22. The van der Waals surface area contributed by atoms with Crippen molar-refractivity contribution in [2.75, 3.05) is 10.6 Å². The largest absolute Gasteiger partial charge is 0.325 e. The van der Waals surface area contributed by atoms with Crippen LogP contribution in [0, 0.1) is 13.8 Å². The van der Waals surface area contributed by atoms with Crippen LogP contribution in [0.15, 0.2) is 144 Å². The quantitative estimate of drug-likeness (QED) is 0.110. The Balaban J connectivity index is 1.38. The van der Waals surface area contributed by atoms with Crippen molar-refractivity contribution < 1.29 is 14.4 Å². The molecule has 0 aliphatic heterocycles. The lowest BCUT2D eigenvalue weighted by Crippen LogP contribution is -2.30. The second-order valence-corrected chi connectivity index (χ2v) is 11.7. The number of nitrogens with one attached hydrogen (secondary N) is 3. The molecule has 1 atom stereocenters. The number of hydrogen-bond donors (Lipinski definition) is 3. The summed E-state index contributed by atoms with van der Waals surface area (Å²) in [6.45, 7) is 3.92. The first-order valence-corrected chi connectivity index (χ1v) is 15.4. The van der Waals surface area contributed by atoms with E-state index in [0.29, 0.717) is 11.3 Å². The van der Waals surface area contributed by atoms with Gasteiger partial charge in [-0.15, -0.1) is 11.8 Å². The number of hydrogen-bond acceptors (Lipinski definition) is 4. The van der Waals surface area contributed by atoms with Gasteiger partial charge in [0.1, 0.15) is 10.9 Å². The van der Waals surface area contributed by atoms with Gasteiger partial charge in [-0.05, 0) is 73.0 Å². The summed E-state index contributed by atoms with van der Waals surface area (Å²) < 4.78 is 0. The lowest BCUT2D eigenvalue weighted by Gasteiger charge is -2.18. The number of para-hydroxylation sites is 1. The van der Waals surface area contributed by atoms with Gasteiger partial charge in [0.2, 0.25) is 5.91 Å². The van der Waals surface area contributed by atoms with Gasteiger partial charge in [0.25, 0.3) is 11.8 Å². The molecule has 6 nitrogen and oxygen atoms in total. The van der Waals surface area contributed by atoms with Crippen LogP contribution in [0.3, 0.4) is 0 Å². The standard InChI is InChI=1S/C38H33N3O3S/c1-26-13-11-15-28(23-26)24-34(41-36(42)30-18-7-4-8-19-30)37(43)39-31-20-12-21-32(25-31)45-35(29-16-5-3-6-17-29)38(44)40-33-22-10-9-14-27(33)2/h3-25,35H,1-2H3,(H,39,43)(H,40,44)(H,41,42)/b34-24+. The fourth-order valence-corrected chi connectivity index (χ4v) is 5.75. The van der Waals surface area contributed by atoms with Crippen molar-refractivity contribution in [2.45, 2.75) is 24.0 Å². The number of rotatable bonds is 10. The van der Waals surface area contributed by atoms with Gasteiger partial charge < -0.3 is 16.0 Å². The minimum Gasteiger partial charge on any atom is -0.325 e. The number of benzene rings is 5. The van der Waals surface area contributed by atoms with Crippen LogP contribution in [0.25, 0.3) is 6.08 Å². The van der Waals surface area contributed by atoms with E-state index in [4.69, 9.17) is 0 Å². The van der Waals surface area contributed by atoms with E-state index >= 15 is 0 Å². The summed E-state index contributed by atoms with van der Waals surface area (Å²) in [6, 6.07) is 41.0. The Hall–Kier alpha value is -5.40. The van der Waals surface area contributed by atoms with E-state index in [1.165, 1.54) is 11.8 Å². The number of carbonyl (C=O) groups is 3. The van der Waals surface area contributed by atoms with Gasteiger partial charge in [0, 0.05) is 21.8 Å². The van der Waals surface area contributed by atoms with E-state index in [2.05, 4.69) is 16.0 Å². The molecule has 0 aliphatic rings. The highest BCUT2D eigenvalue weighted by Gasteiger charge is 2.23. The number of thioether (sulfide) groups is 1. The van der Waals surface area contributed by atoms with Gasteiger partial charge in [-0.3, -0.25) is 14.4 Å². The van der Waals surface area contributed by atoms with Crippen LogP contribution >= 0.6 is 11.8 Å². The Morgan fingerprint density at radius 2 is 1.38 bits per heavy atom. The van der Waals surface area contributed by atoms with Crippen molar-refractivity contribution in [1.29, 1.82) is 0 Å². The molecule has 3 N–H and O–H groups in total. The Bertz CT molecular complexity index is 1840. The molecular formula is C38H33N3O3S. The Morgan fingerprint density at radius 1 is 0.689 bits per heavy atom. The van der Waals surface area contributed by atoms with Crippen molar-refractivity contribution in [2.24, 2.45) is 0 Å². The van der Waals surface area contributed by atoms with Gasteiger partial charge in [0.15, 0.2) is 0 Å². The second kappa shape index (κ2) is 14.9. The molecule has 1 unspecified atom stereocenters. The molecule has 224 valence electrons. The average Bonchev–Trinajstić information content (AvgIpc) is 3.05. The fourth-order valence-electron chi connectivity index (χ4n) is 4.66. The first kappa shape index (κ1) is 31.0. The zero-order valence-electron chi connectivity index (χ0n) is 25.0. The van der Waals surface area contributed by atoms with Crippen LogP contribution in [0.1, 0.15) is 37.9 Å². The van der Waals surface area contributed by atoms with Crippen LogP contribution in [0.2, 0.25) is 0 Å². The van der Waals surface area contributed by atoms with Gasteiger partial charge in [-0.2, -0.15) is 0 Å². The normalized spacial score (nSPS) is 11.7. The van der Waals surface area contributed by atoms with Crippen molar-refractivity contribution in [3.63, 3.8) is 0 Å². The molecule has 0 heterocycles. The fraction of sp³-hybridized carbons (Fsp3) is 0.0789. The lowest BCUT2D eigenvalue weighted by atomic mass is 10.1. The van der Waals surface area contributed by atoms with E-state index in [0.717, 1.165) is 32.8 Å². The number of aryl methyl sites for hydroxylation is 2. The number of anilines is 2. The molecule has 7 heteroatoms. The van der Waals surface area contributed by atoms with Crippen LogP contribution < -0.4 is 16.0 Å². The molecule has 0 radical (unpaired) electrons. The summed E-state index contributed by atoms with van der Waals surface area (Å²) >= 11 is 1.39. The SMILES string of the molecule is Cc1cccc(/C=C(/NC(=O)c2ccccc2)C(=O)Nc2cccc(SC(C(=O)Nc3ccccc3C)c3ccccc3)c2)c1. The molecule has 5 rings (SSSR count). The van der Waals surface area contributed by atoms with E-state index in [1.54, 1.807) is 36.4 Å². The smallest absolute Gasteiger partial charge is 0.272 e. The molecule has 0 saturated carbocycles. The topological polar surface area (TPSA) is 87.3 Å². The predicted octanol–water partition coefficient (Wildman–Crippen LogP) is 8.19. The molecule has 0 aromatic heterocycles. The van der Waals surface area contributed by atoms with Crippen LogP contribution in [-0.2, 0) is 9.59 Å². The zero-order chi connectivity index (χ0) is 31.6. The summed E-state index contributed by atoms with van der Waals surface area (Å²) in [6.07, 6.45) is 1.66. The molecule has 0 aliphatic carbocycles. The number of carbonyl (C=O) groups excluding carboxylic acids is 3. The Kier molecular flexibility index (Phi) is 10.2. The van der Waals surface area contributed by atoms with Crippen molar-refractivity contribution in [1.82, 2.24) is 5.32 Å². The van der Waals surface area contributed by atoms with E-state index in [9.17, 15) is 14.4 Å². The third kappa shape index (κ3) is 8.59. The highest BCUT2D eigenvalue weighted by molar-refractivity contribution is 8.00. The van der Waals surface area contributed by atoms with E-state index in [-0.39, 0.29) is 17.5 Å². The molecule has 0 spiro atoms. The second-order valence-electron chi connectivity index (χ2n) is 10.5. The predicted molar refractivity (Wildman–Crippen MR) is 183 cm³/mol. The molecule has 5 aromatic carbocycles. The molecule has 0 saturated heterocycles. The highest BCUT2D eigenvalue weighted by Crippen LogP contribution is 2.37. The summed E-state index contributed by atoms with van der Waals surface area (Å²) in [5.41, 5.74) is 5.47. The number of amides is 3. The van der Waals surface area contributed by atoms with Gasteiger partial charge in [-0.1, -0.05) is 103 Å².